The molecule has 1 N–H and O–H groups in total. The predicted octanol–water partition coefficient (Wildman–Crippen LogP) is 1.09. The Morgan fingerprint density at radius 3 is 2.68 bits per heavy atom. The van der Waals surface area contributed by atoms with Gasteiger partial charge in [-0.3, -0.25) is 4.98 Å². The number of halogens is 1. The third-order valence-electron chi connectivity index (χ3n) is 3.10. The summed E-state index contributed by atoms with van der Waals surface area (Å²) in [5.41, 5.74) is 0.780. The van der Waals surface area contributed by atoms with E-state index in [9.17, 15) is 4.39 Å². The third-order valence-corrected chi connectivity index (χ3v) is 3.10. The van der Waals surface area contributed by atoms with Gasteiger partial charge in [-0.05, 0) is 12.1 Å². The van der Waals surface area contributed by atoms with Crippen LogP contribution in [0.5, 0.6) is 0 Å². The number of hydrogen-bond acceptors (Lipinski definition) is 5. The van der Waals surface area contributed by atoms with E-state index in [0.29, 0.717) is 11.5 Å². The molecular weight excluding hydrogens is 245 g/mol. The first-order valence-electron chi connectivity index (χ1n) is 6.24. The largest absolute Gasteiger partial charge is 0.352 e. The molecule has 5 nitrogen and oxygen atoms in total. The van der Waals surface area contributed by atoms with Crippen LogP contribution in [0.2, 0.25) is 0 Å². The van der Waals surface area contributed by atoms with E-state index in [1.165, 1.54) is 6.33 Å². The molecule has 1 fully saturated rings. The predicted molar refractivity (Wildman–Crippen MR) is 70.3 cm³/mol. The Labute approximate surface area is 110 Å². The van der Waals surface area contributed by atoms with E-state index in [1.807, 2.05) is 11.0 Å². The number of anilines is 1. The van der Waals surface area contributed by atoms with Crippen molar-refractivity contribution in [3.05, 3.63) is 36.5 Å². The molecule has 1 aliphatic heterocycles. The van der Waals surface area contributed by atoms with Crippen molar-refractivity contribution in [3.63, 3.8) is 0 Å². The van der Waals surface area contributed by atoms with Crippen molar-refractivity contribution in [1.29, 1.82) is 0 Å². The maximum Gasteiger partial charge on any atom is 0.193 e. The SMILES string of the molecule is Fc1c(-c2ccccn2)ncnc1N1CCNCC1. The Hall–Kier alpha value is -2.08. The molecule has 19 heavy (non-hydrogen) atoms. The number of rotatable bonds is 2. The van der Waals surface area contributed by atoms with Gasteiger partial charge in [0.2, 0.25) is 0 Å². The van der Waals surface area contributed by atoms with Gasteiger partial charge in [0.1, 0.15) is 12.0 Å². The number of nitrogens with zero attached hydrogens (tertiary/aromatic N) is 4. The van der Waals surface area contributed by atoms with Gasteiger partial charge in [-0.25, -0.2) is 14.4 Å². The Balaban J connectivity index is 1.99. The van der Waals surface area contributed by atoms with Crippen LogP contribution in [0.4, 0.5) is 10.2 Å². The zero-order valence-electron chi connectivity index (χ0n) is 10.4. The van der Waals surface area contributed by atoms with Crippen LogP contribution in [0, 0.1) is 5.82 Å². The Bertz CT molecular complexity index is 554. The number of aromatic nitrogens is 3. The molecule has 3 rings (SSSR count). The van der Waals surface area contributed by atoms with E-state index in [0.717, 1.165) is 26.2 Å². The van der Waals surface area contributed by atoms with Crippen LogP contribution < -0.4 is 10.2 Å². The summed E-state index contributed by atoms with van der Waals surface area (Å²) >= 11 is 0. The minimum atomic E-state index is -0.400. The van der Waals surface area contributed by atoms with E-state index in [4.69, 9.17) is 0 Å². The van der Waals surface area contributed by atoms with Crippen LogP contribution in [0.25, 0.3) is 11.4 Å². The van der Waals surface area contributed by atoms with Gasteiger partial charge in [-0.15, -0.1) is 0 Å². The quantitative estimate of drug-likeness (QED) is 0.875. The van der Waals surface area contributed by atoms with Crippen molar-refractivity contribution in [3.8, 4) is 11.4 Å². The minimum Gasteiger partial charge on any atom is -0.352 e. The molecule has 3 heterocycles. The third kappa shape index (κ3) is 2.39. The van der Waals surface area contributed by atoms with Gasteiger partial charge in [0.05, 0.1) is 5.69 Å². The Morgan fingerprint density at radius 2 is 1.95 bits per heavy atom. The summed E-state index contributed by atoms with van der Waals surface area (Å²) in [6.07, 6.45) is 3.02. The van der Waals surface area contributed by atoms with Crippen molar-refractivity contribution in [2.24, 2.45) is 0 Å². The van der Waals surface area contributed by atoms with Crippen LogP contribution in [-0.2, 0) is 0 Å². The van der Waals surface area contributed by atoms with E-state index in [1.54, 1.807) is 18.3 Å². The van der Waals surface area contributed by atoms with Crippen LogP contribution >= 0.6 is 0 Å². The summed E-state index contributed by atoms with van der Waals surface area (Å²) in [6.45, 7) is 3.16. The molecule has 0 saturated carbocycles. The summed E-state index contributed by atoms with van der Waals surface area (Å²) in [5, 5.41) is 3.23. The standard InChI is InChI=1S/C13H14FN5/c14-11-12(10-3-1-2-4-16-10)17-9-18-13(11)19-7-5-15-6-8-19/h1-4,9,15H,5-8H2. The van der Waals surface area contributed by atoms with E-state index in [2.05, 4.69) is 20.3 Å². The fourth-order valence-electron chi connectivity index (χ4n) is 2.14. The summed E-state index contributed by atoms with van der Waals surface area (Å²) in [6, 6.07) is 5.35. The average molecular weight is 259 g/mol. The lowest BCUT2D eigenvalue weighted by molar-refractivity contribution is 0.557. The van der Waals surface area contributed by atoms with E-state index < -0.39 is 5.82 Å². The first-order valence-corrected chi connectivity index (χ1v) is 6.24. The molecule has 1 aliphatic rings. The molecule has 0 amide bonds. The molecule has 2 aromatic heterocycles. The van der Waals surface area contributed by atoms with Crippen LogP contribution in [-0.4, -0.2) is 41.1 Å². The zero-order chi connectivity index (χ0) is 13.1. The van der Waals surface area contributed by atoms with E-state index in [-0.39, 0.29) is 5.69 Å². The highest BCUT2D eigenvalue weighted by Gasteiger charge is 2.20. The van der Waals surface area contributed by atoms with Crippen molar-refractivity contribution < 1.29 is 4.39 Å². The minimum absolute atomic E-state index is 0.254. The van der Waals surface area contributed by atoms with Crippen LogP contribution in [0.3, 0.4) is 0 Å². The van der Waals surface area contributed by atoms with Gasteiger partial charge in [0, 0.05) is 32.4 Å². The molecular formula is C13H14FN5. The maximum atomic E-state index is 14.5. The number of hydrogen-bond donors (Lipinski definition) is 1. The summed E-state index contributed by atoms with van der Waals surface area (Å²) in [5.74, 6) is -0.0414. The molecule has 6 heteroatoms. The zero-order valence-corrected chi connectivity index (χ0v) is 10.4. The Morgan fingerprint density at radius 1 is 1.11 bits per heavy atom. The van der Waals surface area contributed by atoms with Gasteiger partial charge in [0.15, 0.2) is 11.6 Å². The summed E-state index contributed by atoms with van der Waals surface area (Å²) < 4.78 is 14.5. The average Bonchev–Trinajstić information content (AvgIpc) is 2.49. The van der Waals surface area contributed by atoms with Gasteiger partial charge in [0.25, 0.3) is 0 Å². The van der Waals surface area contributed by atoms with Crippen LogP contribution in [0.1, 0.15) is 0 Å². The lowest BCUT2D eigenvalue weighted by Gasteiger charge is -2.28. The highest BCUT2D eigenvalue weighted by atomic mass is 19.1. The van der Waals surface area contributed by atoms with Crippen LogP contribution in [0.15, 0.2) is 30.7 Å². The van der Waals surface area contributed by atoms with Crippen molar-refractivity contribution in [1.82, 2.24) is 20.3 Å². The second kappa shape index (κ2) is 5.27. The highest BCUT2D eigenvalue weighted by Crippen LogP contribution is 2.24. The van der Waals surface area contributed by atoms with Gasteiger partial charge < -0.3 is 10.2 Å². The molecule has 0 aliphatic carbocycles. The summed E-state index contributed by atoms with van der Waals surface area (Å²) in [4.78, 5) is 14.2. The Kier molecular flexibility index (Phi) is 3.33. The number of piperazine rings is 1. The molecule has 0 bridgehead atoms. The highest BCUT2D eigenvalue weighted by molar-refractivity contribution is 5.60. The topological polar surface area (TPSA) is 53.9 Å². The van der Waals surface area contributed by atoms with Gasteiger partial charge >= 0.3 is 0 Å². The van der Waals surface area contributed by atoms with Crippen molar-refractivity contribution in [2.75, 3.05) is 31.1 Å². The first kappa shape index (κ1) is 12.0. The fourth-order valence-corrected chi connectivity index (χ4v) is 2.14. The lowest BCUT2D eigenvalue weighted by Crippen LogP contribution is -2.44. The second-order valence-corrected chi connectivity index (χ2v) is 4.31. The molecule has 2 aromatic rings. The molecule has 0 atom stereocenters. The lowest BCUT2D eigenvalue weighted by atomic mass is 10.2. The normalized spacial score (nSPS) is 15.5. The molecule has 1 saturated heterocycles. The number of pyridine rings is 1. The maximum absolute atomic E-state index is 14.5. The summed E-state index contributed by atoms with van der Waals surface area (Å²) in [7, 11) is 0. The molecule has 0 unspecified atom stereocenters. The number of nitrogens with one attached hydrogen (secondary N) is 1. The smallest absolute Gasteiger partial charge is 0.193 e. The van der Waals surface area contributed by atoms with Crippen molar-refractivity contribution >= 4 is 5.82 Å². The molecule has 98 valence electrons. The second-order valence-electron chi connectivity index (χ2n) is 4.31. The van der Waals surface area contributed by atoms with E-state index >= 15 is 0 Å². The molecule has 0 aromatic carbocycles. The molecule has 0 spiro atoms. The van der Waals surface area contributed by atoms with Gasteiger partial charge in [-0.2, -0.15) is 0 Å². The van der Waals surface area contributed by atoms with Crippen molar-refractivity contribution in [2.45, 2.75) is 0 Å². The van der Waals surface area contributed by atoms with Gasteiger partial charge in [-0.1, -0.05) is 6.07 Å². The molecule has 0 radical (unpaired) electrons. The first-order chi connectivity index (χ1) is 9.36. The fraction of sp³-hybridized carbons (Fsp3) is 0.308. The monoisotopic (exact) mass is 259 g/mol.